The van der Waals surface area contributed by atoms with Crippen molar-refractivity contribution in [3.63, 3.8) is 0 Å². The van der Waals surface area contributed by atoms with Crippen LogP contribution in [0.25, 0.3) is 22.0 Å². The summed E-state index contributed by atoms with van der Waals surface area (Å²) in [5, 5.41) is 12.2. The van der Waals surface area contributed by atoms with Crippen LogP contribution in [0.3, 0.4) is 0 Å². The number of carbonyl (C=O) groups excluding carboxylic acids is 1. The number of H-pyrrole nitrogens is 1. The number of fused-ring (bicyclic) bond motifs is 1. The third-order valence-electron chi connectivity index (χ3n) is 12.7. The Balaban J connectivity index is 0.883. The van der Waals surface area contributed by atoms with E-state index in [4.69, 9.17) is 4.98 Å². The average Bonchev–Trinajstić information content (AvgIpc) is 3.73. The van der Waals surface area contributed by atoms with Gasteiger partial charge in [-0.2, -0.15) is 5.10 Å². The van der Waals surface area contributed by atoms with Gasteiger partial charge in [-0.1, -0.05) is 0 Å². The molecule has 5 fully saturated rings. The Kier molecular flexibility index (Phi) is 9.25. The first-order valence-electron chi connectivity index (χ1n) is 19.3. The monoisotopic (exact) mass is 690 g/mol. The van der Waals surface area contributed by atoms with Crippen molar-refractivity contribution < 1.29 is 4.79 Å². The molecular formula is C41H54N8O2. The predicted octanol–water partition coefficient (Wildman–Crippen LogP) is 5.84. The Bertz CT molecular complexity index is 1940. The zero-order valence-corrected chi connectivity index (χ0v) is 30.8. The van der Waals surface area contributed by atoms with Gasteiger partial charge in [0.05, 0.1) is 17.3 Å². The van der Waals surface area contributed by atoms with Crippen molar-refractivity contribution in [1.29, 1.82) is 0 Å². The second kappa shape index (κ2) is 13.8. The number of aromatic amines is 1. The molecule has 1 amide bonds. The molecular weight excluding hydrogens is 637 g/mol. The van der Waals surface area contributed by atoms with Gasteiger partial charge in [-0.15, -0.1) is 0 Å². The van der Waals surface area contributed by atoms with E-state index in [1.807, 2.05) is 36.9 Å². The standard InChI is InChI=1S/C41H54N8O2/c1-26(2)49-37-20-32(19-34(36(37)25-45-49)39(50)44-24-35-27(3)15-28(4)46-40(35)51)31-5-6-38(43-23-31)48-13-11-47(12-14-48)10-9-42-8-7-41-21-29-16-30(22-41)18-33(41)17-29/h5-6,15,19-20,23,25-26,29-30,33,42H,7-14,16-18,21-22,24H2,1-4H3,(H,44,50)(H,46,51). The number of carbonyl (C=O) groups is 1. The first-order valence-corrected chi connectivity index (χ1v) is 19.3. The highest BCUT2D eigenvalue weighted by atomic mass is 16.1. The van der Waals surface area contributed by atoms with Gasteiger partial charge in [0.15, 0.2) is 0 Å². The third kappa shape index (κ3) is 6.73. The van der Waals surface area contributed by atoms with Crippen LogP contribution in [0.1, 0.15) is 85.6 Å². The van der Waals surface area contributed by atoms with Crippen LogP contribution in [0.15, 0.2) is 47.5 Å². The topological polar surface area (TPSA) is 111 Å². The van der Waals surface area contributed by atoms with Crippen molar-refractivity contribution in [3.8, 4) is 11.1 Å². The van der Waals surface area contributed by atoms with Gasteiger partial charge in [0, 0.05) is 80.3 Å². The number of hydrogen-bond donors (Lipinski definition) is 3. The zero-order chi connectivity index (χ0) is 35.3. The summed E-state index contributed by atoms with van der Waals surface area (Å²) in [6.45, 7) is 15.4. The summed E-state index contributed by atoms with van der Waals surface area (Å²) in [4.78, 5) is 39.0. The third-order valence-corrected chi connectivity index (χ3v) is 12.7. The molecule has 4 aromatic rings. The number of nitrogens with one attached hydrogen (secondary N) is 3. The van der Waals surface area contributed by atoms with Crippen molar-refractivity contribution in [1.82, 2.24) is 35.3 Å². The SMILES string of the molecule is Cc1cc(C)c(CNC(=O)c2cc(-c3ccc(N4CCN(CCNCCC56CC7CC(CC5C7)C6)CC4)nc3)cc3c2cnn3C(C)C)c(=O)[nH]1. The van der Waals surface area contributed by atoms with Crippen molar-refractivity contribution >= 4 is 22.6 Å². The van der Waals surface area contributed by atoms with Crippen molar-refractivity contribution in [3.05, 3.63) is 75.5 Å². The van der Waals surface area contributed by atoms with Gasteiger partial charge in [0.1, 0.15) is 5.82 Å². The number of benzene rings is 1. The number of aryl methyl sites for hydroxylation is 2. The molecule has 4 aliphatic carbocycles. The maximum atomic E-state index is 13.7. The van der Waals surface area contributed by atoms with E-state index in [1.54, 1.807) is 6.20 Å². The fourth-order valence-electron chi connectivity index (χ4n) is 10.3. The molecule has 4 bridgehead atoms. The van der Waals surface area contributed by atoms with E-state index in [0.717, 1.165) is 96.1 Å². The maximum absolute atomic E-state index is 13.7. The lowest BCUT2D eigenvalue weighted by atomic mass is 9.73. The molecule has 9 rings (SSSR count). The fraction of sp³-hybridized carbons (Fsp3) is 0.561. The highest BCUT2D eigenvalue weighted by Crippen LogP contribution is 2.66. The summed E-state index contributed by atoms with van der Waals surface area (Å²) in [5.74, 6) is 3.88. The minimum Gasteiger partial charge on any atom is -0.354 e. The number of amides is 1. The average molecular weight is 691 g/mol. The van der Waals surface area contributed by atoms with Crippen LogP contribution in [0, 0.1) is 37.0 Å². The van der Waals surface area contributed by atoms with Crippen molar-refractivity contribution in [2.24, 2.45) is 23.2 Å². The summed E-state index contributed by atoms with van der Waals surface area (Å²) in [7, 11) is 0. The summed E-state index contributed by atoms with van der Waals surface area (Å²) >= 11 is 0. The smallest absolute Gasteiger partial charge is 0.253 e. The van der Waals surface area contributed by atoms with E-state index in [-0.39, 0.29) is 24.1 Å². The second-order valence-corrected chi connectivity index (χ2v) is 16.4. The molecule has 10 heteroatoms. The van der Waals surface area contributed by atoms with Crippen LogP contribution < -0.4 is 21.1 Å². The molecule has 4 heterocycles. The van der Waals surface area contributed by atoms with E-state index in [2.05, 4.69) is 62.6 Å². The molecule has 10 nitrogen and oxygen atoms in total. The fourth-order valence-corrected chi connectivity index (χ4v) is 10.3. The zero-order valence-electron chi connectivity index (χ0n) is 30.8. The molecule has 3 aromatic heterocycles. The van der Waals surface area contributed by atoms with Crippen LogP contribution in [0.2, 0.25) is 0 Å². The minimum absolute atomic E-state index is 0.124. The van der Waals surface area contributed by atoms with Crippen molar-refractivity contribution in [2.45, 2.75) is 78.8 Å². The molecule has 270 valence electrons. The normalized spacial score (nSPS) is 24.3. The Morgan fingerprint density at radius 2 is 1.76 bits per heavy atom. The van der Waals surface area contributed by atoms with Crippen LogP contribution >= 0.6 is 0 Å². The quantitative estimate of drug-likeness (QED) is 0.160. The summed E-state index contributed by atoms with van der Waals surface area (Å²) in [5.41, 5.74) is 6.01. The van der Waals surface area contributed by atoms with E-state index in [0.29, 0.717) is 16.5 Å². The first-order chi connectivity index (χ1) is 24.7. The highest BCUT2D eigenvalue weighted by Gasteiger charge is 2.56. The molecule has 0 radical (unpaired) electrons. The summed E-state index contributed by atoms with van der Waals surface area (Å²) < 4.78 is 1.95. The van der Waals surface area contributed by atoms with E-state index in [9.17, 15) is 9.59 Å². The van der Waals surface area contributed by atoms with E-state index < -0.39 is 0 Å². The minimum atomic E-state index is -0.241. The van der Waals surface area contributed by atoms with Crippen LogP contribution in [0.4, 0.5) is 5.82 Å². The molecule has 5 aliphatic rings. The maximum Gasteiger partial charge on any atom is 0.253 e. The second-order valence-electron chi connectivity index (χ2n) is 16.4. The lowest BCUT2D eigenvalue weighted by molar-refractivity contribution is 0.0952. The number of pyridine rings is 2. The van der Waals surface area contributed by atoms with Crippen LogP contribution in [-0.4, -0.2) is 76.4 Å². The van der Waals surface area contributed by atoms with Gasteiger partial charge in [0.2, 0.25) is 0 Å². The number of nitrogens with zero attached hydrogens (tertiary/aromatic N) is 5. The predicted molar refractivity (Wildman–Crippen MR) is 203 cm³/mol. The molecule has 4 saturated carbocycles. The number of hydrogen-bond acceptors (Lipinski definition) is 7. The lowest BCUT2D eigenvalue weighted by Crippen LogP contribution is -2.48. The summed E-state index contributed by atoms with van der Waals surface area (Å²) in [6.07, 6.45) is 12.7. The van der Waals surface area contributed by atoms with Gasteiger partial charge in [0.25, 0.3) is 11.5 Å². The molecule has 1 aromatic carbocycles. The Hall–Kier alpha value is -4.02. The molecule has 1 saturated heterocycles. The Labute approximate surface area is 301 Å². The highest BCUT2D eigenvalue weighted by molar-refractivity contribution is 6.08. The largest absolute Gasteiger partial charge is 0.354 e. The van der Waals surface area contributed by atoms with E-state index in [1.165, 1.54) is 45.1 Å². The number of aromatic nitrogens is 4. The number of piperazine rings is 1. The Morgan fingerprint density at radius 1 is 0.980 bits per heavy atom. The van der Waals surface area contributed by atoms with Gasteiger partial charge in [-0.25, -0.2) is 4.98 Å². The molecule has 1 aliphatic heterocycles. The van der Waals surface area contributed by atoms with Crippen LogP contribution in [-0.2, 0) is 6.54 Å². The number of rotatable bonds is 12. The molecule has 2 unspecified atom stereocenters. The first kappa shape index (κ1) is 34.1. The molecule has 2 atom stereocenters. The summed E-state index contributed by atoms with van der Waals surface area (Å²) in [6, 6.07) is 10.3. The van der Waals surface area contributed by atoms with E-state index >= 15 is 0 Å². The van der Waals surface area contributed by atoms with Crippen molar-refractivity contribution in [2.75, 3.05) is 50.7 Å². The Morgan fingerprint density at radius 3 is 2.47 bits per heavy atom. The molecule has 0 spiro atoms. The van der Waals surface area contributed by atoms with Gasteiger partial charge in [-0.3, -0.25) is 19.2 Å². The molecule has 3 N–H and O–H groups in total. The number of anilines is 1. The molecule has 51 heavy (non-hydrogen) atoms. The lowest BCUT2D eigenvalue weighted by Gasteiger charge is -2.35. The van der Waals surface area contributed by atoms with Crippen LogP contribution in [0.5, 0.6) is 0 Å². The van der Waals surface area contributed by atoms with Gasteiger partial charge >= 0.3 is 0 Å². The van der Waals surface area contributed by atoms with Gasteiger partial charge in [-0.05, 0) is 137 Å². The van der Waals surface area contributed by atoms with Gasteiger partial charge < -0.3 is 20.5 Å².